The molecular weight excluding hydrogens is 428 g/mol. The molecule has 0 spiro atoms. The van der Waals surface area contributed by atoms with E-state index in [9.17, 15) is 18.0 Å². The van der Waals surface area contributed by atoms with Gasteiger partial charge in [0.25, 0.3) is 11.8 Å². The Hall–Kier alpha value is -3.40. The molecule has 0 bridgehead atoms. The maximum Gasteiger partial charge on any atom is 0.282 e. The number of nitrogens with two attached hydrogens (primary N) is 1. The molecule has 1 aliphatic heterocycles. The lowest BCUT2D eigenvalue weighted by Gasteiger charge is -2.14. The average molecular weight is 443 g/mol. The maximum atomic E-state index is 12.8. The number of nitrogens with zero attached hydrogens (tertiary/aromatic N) is 2. The van der Waals surface area contributed by atoms with Crippen LogP contribution >= 0.6 is 11.6 Å². The van der Waals surface area contributed by atoms with Gasteiger partial charge in [0.1, 0.15) is 5.57 Å². The van der Waals surface area contributed by atoms with Crippen LogP contribution in [0.25, 0.3) is 11.8 Å². The number of primary sulfonamides is 1. The smallest absolute Gasteiger partial charge is 0.282 e. The second-order valence-corrected chi connectivity index (χ2v) is 8.46. The number of aromatic nitrogens is 1. The SMILES string of the molecule is NS(=O)(=O)c1ccc(-n2cccc2/C=C2/C(=O)NN(c3ccc(Cl)cc3)C2=O)cc1. The van der Waals surface area contributed by atoms with E-state index >= 15 is 0 Å². The van der Waals surface area contributed by atoms with E-state index in [4.69, 9.17) is 16.7 Å². The van der Waals surface area contributed by atoms with Crippen molar-refractivity contribution in [1.29, 1.82) is 0 Å². The van der Waals surface area contributed by atoms with Crippen LogP contribution in [0.5, 0.6) is 0 Å². The first kappa shape index (κ1) is 19.9. The van der Waals surface area contributed by atoms with E-state index in [1.807, 2.05) is 0 Å². The number of anilines is 1. The van der Waals surface area contributed by atoms with Crippen molar-refractivity contribution in [2.45, 2.75) is 4.90 Å². The van der Waals surface area contributed by atoms with Crippen LogP contribution in [0.1, 0.15) is 5.69 Å². The standard InChI is InChI=1S/C20H15ClN4O4S/c21-13-3-5-15(6-4-13)25-20(27)18(19(26)23-25)12-16-2-1-11-24(16)14-7-9-17(10-8-14)30(22,28)29/h1-12H,(H,23,26)(H2,22,28,29)/b18-12-. The molecule has 3 N–H and O–H groups in total. The molecule has 3 aromatic rings. The van der Waals surface area contributed by atoms with Crippen molar-refractivity contribution in [2.75, 3.05) is 5.01 Å². The minimum absolute atomic E-state index is 0.0118. The summed E-state index contributed by atoms with van der Waals surface area (Å²) in [6.45, 7) is 0. The Labute approximate surface area is 177 Å². The van der Waals surface area contributed by atoms with Gasteiger partial charge in [-0.05, 0) is 66.7 Å². The molecule has 10 heteroatoms. The molecule has 4 rings (SSSR count). The lowest BCUT2D eigenvalue weighted by Crippen LogP contribution is -2.35. The number of carbonyl (C=O) groups excluding carboxylic acids is 2. The van der Waals surface area contributed by atoms with Crippen LogP contribution in [-0.2, 0) is 19.6 Å². The van der Waals surface area contributed by atoms with Gasteiger partial charge < -0.3 is 4.57 Å². The molecular formula is C20H15ClN4O4S. The Balaban J connectivity index is 1.66. The third-order valence-electron chi connectivity index (χ3n) is 4.49. The number of sulfonamides is 1. The van der Waals surface area contributed by atoms with Crippen molar-refractivity contribution in [1.82, 2.24) is 9.99 Å². The molecule has 2 amide bonds. The summed E-state index contributed by atoms with van der Waals surface area (Å²) < 4.78 is 24.6. The molecule has 30 heavy (non-hydrogen) atoms. The van der Waals surface area contributed by atoms with Gasteiger partial charge in [-0.1, -0.05) is 11.6 Å². The fourth-order valence-electron chi connectivity index (χ4n) is 3.02. The average Bonchev–Trinajstić information content (AvgIpc) is 3.28. The van der Waals surface area contributed by atoms with E-state index in [2.05, 4.69) is 5.43 Å². The molecule has 152 valence electrons. The van der Waals surface area contributed by atoms with Gasteiger partial charge in [-0.15, -0.1) is 0 Å². The molecule has 1 aromatic heterocycles. The minimum atomic E-state index is -3.80. The molecule has 1 fully saturated rings. The number of carbonyl (C=O) groups is 2. The molecule has 0 atom stereocenters. The summed E-state index contributed by atoms with van der Waals surface area (Å²) in [5, 5.41) is 6.79. The molecule has 8 nitrogen and oxygen atoms in total. The monoisotopic (exact) mass is 442 g/mol. The van der Waals surface area contributed by atoms with E-state index in [0.29, 0.717) is 22.1 Å². The number of amides is 2. The molecule has 1 aliphatic rings. The van der Waals surface area contributed by atoms with Gasteiger partial charge in [0.15, 0.2) is 0 Å². The summed E-state index contributed by atoms with van der Waals surface area (Å²) >= 11 is 5.87. The Morgan fingerprint density at radius 1 is 0.933 bits per heavy atom. The zero-order chi connectivity index (χ0) is 21.5. The highest BCUT2D eigenvalue weighted by molar-refractivity contribution is 7.89. The van der Waals surface area contributed by atoms with Crippen LogP contribution in [0.3, 0.4) is 0 Å². The summed E-state index contributed by atoms with van der Waals surface area (Å²) in [5.41, 5.74) is 4.18. The summed E-state index contributed by atoms with van der Waals surface area (Å²) in [6, 6.07) is 15.9. The van der Waals surface area contributed by atoms with Gasteiger partial charge in [0, 0.05) is 22.6 Å². The Morgan fingerprint density at radius 3 is 2.20 bits per heavy atom. The van der Waals surface area contributed by atoms with E-state index < -0.39 is 21.8 Å². The van der Waals surface area contributed by atoms with Crippen molar-refractivity contribution >= 4 is 45.2 Å². The first-order chi connectivity index (χ1) is 14.2. The molecule has 2 heterocycles. The first-order valence-electron chi connectivity index (χ1n) is 8.67. The van der Waals surface area contributed by atoms with Crippen molar-refractivity contribution in [2.24, 2.45) is 5.14 Å². The topological polar surface area (TPSA) is 114 Å². The van der Waals surface area contributed by atoms with Crippen LogP contribution in [0.2, 0.25) is 5.02 Å². The molecule has 0 unspecified atom stereocenters. The number of hydrogen-bond acceptors (Lipinski definition) is 4. The number of nitrogens with one attached hydrogen (secondary N) is 1. The van der Waals surface area contributed by atoms with Crippen LogP contribution in [0.4, 0.5) is 5.69 Å². The first-order valence-corrected chi connectivity index (χ1v) is 10.6. The fraction of sp³-hybridized carbons (Fsp3) is 0. The minimum Gasteiger partial charge on any atom is -0.317 e. The van der Waals surface area contributed by atoms with E-state index in [0.717, 1.165) is 5.01 Å². The number of halogens is 1. The zero-order valence-electron chi connectivity index (χ0n) is 15.3. The van der Waals surface area contributed by atoms with Gasteiger partial charge in [0.05, 0.1) is 10.6 Å². The maximum absolute atomic E-state index is 12.8. The van der Waals surface area contributed by atoms with Crippen LogP contribution in [0, 0.1) is 0 Å². The molecule has 0 radical (unpaired) electrons. The van der Waals surface area contributed by atoms with E-state index in [1.165, 1.54) is 18.2 Å². The highest BCUT2D eigenvalue weighted by Crippen LogP contribution is 2.24. The van der Waals surface area contributed by atoms with Crippen molar-refractivity contribution in [3.05, 3.63) is 83.2 Å². The normalized spacial score (nSPS) is 15.7. The van der Waals surface area contributed by atoms with Gasteiger partial charge in [0.2, 0.25) is 10.0 Å². The largest absolute Gasteiger partial charge is 0.317 e. The number of rotatable bonds is 4. The van der Waals surface area contributed by atoms with Crippen molar-refractivity contribution in [3.8, 4) is 5.69 Å². The predicted octanol–water partition coefficient (Wildman–Crippen LogP) is 2.24. The second-order valence-electron chi connectivity index (χ2n) is 6.46. The van der Waals surface area contributed by atoms with Crippen LogP contribution < -0.4 is 15.6 Å². The van der Waals surface area contributed by atoms with Gasteiger partial charge in [-0.3, -0.25) is 15.0 Å². The summed E-state index contributed by atoms with van der Waals surface area (Å²) in [7, 11) is -3.80. The lowest BCUT2D eigenvalue weighted by molar-refractivity contribution is -0.117. The highest BCUT2D eigenvalue weighted by Gasteiger charge is 2.34. The zero-order valence-corrected chi connectivity index (χ0v) is 16.9. The highest BCUT2D eigenvalue weighted by atomic mass is 35.5. The predicted molar refractivity (Wildman–Crippen MR) is 112 cm³/mol. The molecule has 1 saturated heterocycles. The Morgan fingerprint density at radius 2 is 1.57 bits per heavy atom. The number of hydrogen-bond donors (Lipinski definition) is 2. The fourth-order valence-corrected chi connectivity index (χ4v) is 3.66. The summed E-state index contributed by atoms with van der Waals surface area (Å²) in [6.07, 6.45) is 3.20. The van der Waals surface area contributed by atoms with E-state index in [-0.39, 0.29) is 10.5 Å². The molecule has 0 saturated carbocycles. The van der Waals surface area contributed by atoms with Gasteiger partial charge in [-0.2, -0.15) is 0 Å². The quantitative estimate of drug-likeness (QED) is 0.476. The second kappa shape index (κ2) is 7.45. The summed E-state index contributed by atoms with van der Waals surface area (Å²) in [5.74, 6) is -1.04. The Kier molecular flexibility index (Phi) is 4.94. The Bertz CT molecular complexity index is 1280. The van der Waals surface area contributed by atoms with Crippen molar-refractivity contribution in [3.63, 3.8) is 0 Å². The van der Waals surface area contributed by atoms with Gasteiger partial charge >= 0.3 is 0 Å². The molecule has 0 aliphatic carbocycles. The third-order valence-corrected chi connectivity index (χ3v) is 5.67. The van der Waals surface area contributed by atoms with Crippen LogP contribution in [0.15, 0.2) is 77.3 Å². The third kappa shape index (κ3) is 3.73. The van der Waals surface area contributed by atoms with Crippen LogP contribution in [-0.4, -0.2) is 24.8 Å². The number of benzene rings is 2. The summed E-state index contributed by atoms with van der Waals surface area (Å²) in [4.78, 5) is 25.2. The number of hydrazine groups is 1. The molecule has 2 aromatic carbocycles. The van der Waals surface area contributed by atoms with Gasteiger partial charge in [-0.25, -0.2) is 18.6 Å². The lowest BCUT2D eigenvalue weighted by atomic mass is 10.2. The van der Waals surface area contributed by atoms with Crippen molar-refractivity contribution < 1.29 is 18.0 Å². The van der Waals surface area contributed by atoms with E-state index in [1.54, 1.807) is 59.3 Å².